The number of hydrogen-bond acceptors (Lipinski definition) is 0. The summed E-state index contributed by atoms with van der Waals surface area (Å²) in [4.78, 5) is 0. The third kappa shape index (κ3) is 3.02. The number of hydrogen-bond donors (Lipinski definition) is 0. The van der Waals surface area contributed by atoms with E-state index >= 15 is 0 Å². The van der Waals surface area contributed by atoms with Crippen molar-refractivity contribution in [3.63, 3.8) is 0 Å². The molecule has 0 heterocycles. The lowest BCUT2D eigenvalue weighted by Gasteiger charge is -2.01. The standard InChI is InChI=1S/C12H15F/c1-9(2)4-6-11-8-10(3)5-7-12(11)13/h4-5,7-8H,6H2,1-3H3. The monoisotopic (exact) mass is 178 g/mol. The lowest BCUT2D eigenvalue weighted by molar-refractivity contribution is 0.614. The van der Waals surface area contributed by atoms with Gasteiger partial charge < -0.3 is 0 Å². The van der Waals surface area contributed by atoms with Gasteiger partial charge in [-0.15, -0.1) is 0 Å². The summed E-state index contributed by atoms with van der Waals surface area (Å²) in [6.45, 7) is 6.02. The van der Waals surface area contributed by atoms with E-state index in [2.05, 4.69) is 0 Å². The van der Waals surface area contributed by atoms with E-state index in [1.54, 1.807) is 6.07 Å². The van der Waals surface area contributed by atoms with Crippen LogP contribution in [0.15, 0.2) is 29.8 Å². The van der Waals surface area contributed by atoms with E-state index in [9.17, 15) is 4.39 Å². The Balaban J connectivity index is 2.87. The van der Waals surface area contributed by atoms with E-state index in [0.29, 0.717) is 6.42 Å². The molecule has 0 N–H and O–H groups in total. The van der Waals surface area contributed by atoms with Gasteiger partial charge in [0.1, 0.15) is 5.82 Å². The third-order valence-electron chi connectivity index (χ3n) is 1.93. The molecule has 0 aliphatic carbocycles. The Morgan fingerprint density at radius 2 is 2.08 bits per heavy atom. The summed E-state index contributed by atoms with van der Waals surface area (Å²) in [6.07, 6.45) is 2.73. The Hall–Kier alpha value is -1.11. The van der Waals surface area contributed by atoms with E-state index in [0.717, 1.165) is 11.1 Å². The molecule has 0 aromatic heterocycles. The molecule has 0 unspecified atom stereocenters. The molecule has 0 bridgehead atoms. The fourth-order valence-corrected chi connectivity index (χ4v) is 1.17. The highest BCUT2D eigenvalue weighted by Gasteiger charge is 1.99. The lowest BCUT2D eigenvalue weighted by atomic mass is 10.1. The van der Waals surface area contributed by atoms with E-state index in [1.807, 2.05) is 32.9 Å². The molecule has 13 heavy (non-hydrogen) atoms. The van der Waals surface area contributed by atoms with Gasteiger partial charge in [0.05, 0.1) is 0 Å². The van der Waals surface area contributed by atoms with Crippen LogP contribution in [-0.2, 0) is 6.42 Å². The maximum Gasteiger partial charge on any atom is 0.126 e. The number of aryl methyl sites for hydroxylation is 1. The molecular formula is C12H15F. The SMILES string of the molecule is CC(C)=CCc1cc(C)ccc1F. The van der Waals surface area contributed by atoms with E-state index in [-0.39, 0.29) is 5.82 Å². The van der Waals surface area contributed by atoms with Crippen LogP contribution in [-0.4, -0.2) is 0 Å². The summed E-state index contributed by atoms with van der Waals surface area (Å²) < 4.78 is 13.2. The Labute approximate surface area is 79.1 Å². The van der Waals surface area contributed by atoms with Crippen molar-refractivity contribution in [2.45, 2.75) is 27.2 Å². The topological polar surface area (TPSA) is 0 Å². The summed E-state index contributed by atoms with van der Waals surface area (Å²) in [6, 6.07) is 5.22. The van der Waals surface area contributed by atoms with Gasteiger partial charge >= 0.3 is 0 Å². The van der Waals surface area contributed by atoms with Crippen molar-refractivity contribution in [3.05, 3.63) is 46.8 Å². The zero-order valence-electron chi connectivity index (χ0n) is 8.39. The predicted octanol–water partition coefficient (Wildman–Crippen LogP) is 3.64. The van der Waals surface area contributed by atoms with Gasteiger partial charge in [0, 0.05) is 0 Å². The molecule has 70 valence electrons. The molecule has 0 fully saturated rings. The van der Waals surface area contributed by atoms with Gasteiger partial charge in [-0.25, -0.2) is 4.39 Å². The molecule has 0 atom stereocenters. The fraction of sp³-hybridized carbons (Fsp3) is 0.333. The second-order valence-electron chi connectivity index (χ2n) is 3.58. The average Bonchev–Trinajstić information content (AvgIpc) is 2.06. The van der Waals surface area contributed by atoms with Crippen molar-refractivity contribution in [2.24, 2.45) is 0 Å². The van der Waals surface area contributed by atoms with Gasteiger partial charge in [0.2, 0.25) is 0 Å². The number of benzene rings is 1. The molecule has 1 rings (SSSR count). The number of allylic oxidation sites excluding steroid dienone is 2. The van der Waals surface area contributed by atoms with Crippen LogP contribution >= 0.6 is 0 Å². The first kappa shape index (κ1) is 9.97. The first-order chi connectivity index (χ1) is 6.09. The van der Waals surface area contributed by atoms with Gasteiger partial charge in [-0.1, -0.05) is 29.3 Å². The smallest absolute Gasteiger partial charge is 0.126 e. The van der Waals surface area contributed by atoms with Gasteiger partial charge in [-0.2, -0.15) is 0 Å². The van der Waals surface area contributed by atoms with Crippen LogP contribution in [0.5, 0.6) is 0 Å². The average molecular weight is 178 g/mol. The molecule has 0 spiro atoms. The molecule has 0 radical (unpaired) electrons. The fourth-order valence-electron chi connectivity index (χ4n) is 1.17. The molecule has 0 aliphatic heterocycles. The Morgan fingerprint density at radius 3 is 2.69 bits per heavy atom. The minimum absolute atomic E-state index is 0.108. The second kappa shape index (κ2) is 4.22. The second-order valence-corrected chi connectivity index (χ2v) is 3.58. The molecule has 0 saturated carbocycles. The summed E-state index contributed by atoms with van der Waals surface area (Å²) in [7, 11) is 0. The molecule has 1 heteroatoms. The highest BCUT2D eigenvalue weighted by Crippen LogP contribution is 2.11. The van der Waals surface area contributed by atoms with Crippen LogP contribution in [0.1, 0.15) is 25.0 Å². The summed E-state index contributed by atoms with van der Waals surface area (Å²) in [5.41, 5.74) is 3.11. The minimum Gasteiger partial charge on any atom is -0.207 e. The summed E-state index contributed by atoms with van der Waals surface area (Å²) in [5.74, 6) is -0.108. The molecule has 0 aliphatic rings. The van der Waals surface area contributed by atoms with Gasteiger partial charge in [0.15, 0.2) is 0 Å². The first-order valence-corrected chi connectivity index (χ1v) is 4.48. The van der Waals surface area contributed by atoms with Crippen molar-refractivity contribution in [3.8, 4) is 0 Å². The predicted molar refractivity (Wildman–Crippen MR) is 54.3 cm³/mol. The molecule has 0 nitrogen and oxygen atoms in total. The lowest BCUT2D eigenvalue weighted by Crippen LogP contribution is -1.89. The van der Waals surface area contributed by atoms with Crippen LogP contribution in [0.25, 0.3) is 0 Å². The Bertz CT molecular complexity index is 320. The molecule has 1 aromatic rings. The van der Waals surface area contributed by atoms with Crippen LogP contribution < -0.4 is 0 Å². The van der Waals surface area contributed by atoms with Crippen molar-refractivity contribution < 1.29 is 4.39 Å². The third-order valence-corrected chi connectivity index (χ3v) is 1.93. The zero-order chi connectivity index (χ0) is 9.84. The molecule has 1 aromatic carbocycles. The van der Waals surface area contributed by atoms with Crippen molar-refractivity contribution in [2.75, 3.05) is 0 Å². The van der Waals surface area contributed by atoms with Gasteiger partial charge in [0.25, 0.3) is 0 Å². The molecule has 0 saturated heterocycles. The number of rotatable bonds is 2. The first-order valence-electron chi connectivity index (χ1n) is 4.48. The highest BCUT2D eigenvalue weighted by molar-refractivity contribution is 5.26. The van der Waals surface area contributed by atoms with Crippen LogP contribution in [0, 0.1) is 12.7 Å². The van der Waals surface area contributed by atoms with E-state index in [4.69, 9.17) is 0 Å². The van der Waals surface area contributed by atoms with Crippen molar-refractivity contribution >= 4 is 0 Å². The maximum atomic E-state index is 13.2. The Morgan fingerprint density at radius 1 is 1.38 bits per heavy atom. The van der Waals surface area contributed by atoms with Crippen LogP contribution in [0.4, 0.5) is 4.39 Å². The molecular weight excluding hydrogens is 163 g/mol. The minimum atomic E-state index is -0.108. The molecule has 0 amide bonds. The summed E-state index contributed by atoms with van der Waals surface area (Å²) in [5, 5.41) is 0. The normalized spacial score (nSPS) is 9.85. The van der Waals surface area contributed by atoms with Crippen LogP contribution in [0.2, 0.25) is 0 Å². The van der Waals surface area contributed by atoms with Gasteiger partial charge in [-0.3, -0.25) is 0 Å². The van der Waals surface area contributed by atoms with Crippen molar-refractivity contribution in [1.29, 1.82) is 0 Å². The largest absolute Gasteiger partial charge is 0.207 e. The van der Waals surface area contributed by atoms with E-state index in [1.165, 1.54) is 11.6 Å². The summed E-state index contributed by atoms with van der Waals surface area (Å²) >= 11 is 0. The van der Waals surface area contributed by atoms with Crippen molar-refractivity contribution in [1.82, 2.24) is 0 Å². The van der Waals surface area contributed by atoms with E-state index < -0.39 is 0 Å². The zero-order valence-corrected chi connectivity index (χ0v) is 8.39. The number of halogens is 1. The van der Waals surface area contributed by atoms with Gasteiger partial charge in [-0.05, 0) is 38.8 Å². The highest BCUT2D eigenvalue weighted by atomic mass is 19.1. The quantitative estimate of drug-likeness (QED) is 0.606. The maximum absolute atomic E-state index is 13.2. The Kier molecular flexibility index (Phi) is 3.24. The van der Waals surface area contributed by atoms with Crippen LogP contribution in [0.3, 0.4) is 0 Å².